The number of rotatable bonds is 11. The molecule has 0 aromatic heterocycles. The molecule has 0 heterocycles. The van der Waals surface area contributed by atoms with Crippen LogP contribution in [-0.2, 0) is 24.0 Å². The molecule has 0 aliphatic heterocycles. The second-order valence-corrected chi connectivity index (χ2v) is 45.0. The van der Waals surface area contributed by atoms with Crippen molar-refractivity contribution in [2.75, 3.05) is 27.4 Å². The normalized spacial score (nSPS) is 12.3. The van der Waals surface area contributed by atoms with E-state index in [1.807, 2.05) is 86.6 Å². The molecule has 2 atom stereocenters. The van der Waals surface area contributed by atoms with Gasteiger partial charge in [-0.25, -0.2) is 0 Å². The molecule has 4 rings (SSSR count). The van der Waals surface area contributed by atoms with Gasteiger partial charge in [0.05, 0.1) is 39.3 Å². The summed E-state index contributed by atoms with van der Waals surface area (Å²) in [6, 6.07) is 23.6. The summed E-state index contributed by atoms with van der Waals surface area (Å²) in [5.74, 6) is 0.321. The third-order valence-corrected chi connectivity index (χ3v) is 6.88. The van der Waals surface area contributed by atoms with Crippen LogP contribution in [0, 0.1) is 0 Å². The van der Waals surface area contributed by atoms with Crippen LogP contribution < -0.4 is 9.47 Å². The van der Waals surface area contributed by atoms with Crippen molar-refractivity contribution in [3.63, 3.8) is 0 Å². The van der Waals surface area contributed by atoms with Crippen LogP contribution in [0.3, 0.4) is 0 Å². The monoisotopic (exact) mass is 946 g/mol. The molecule has 0 bridgehead atoms. The molecule has 0 aliphatic rings. The Bertz CT molecular complexity index is 1380. The minimum atomic E-state index is -0.372. The Morgan fingerprint density at radius 2 is 0.952 bits per heavy atom. The zero-order chi connectivity index (χ0) is 30.6. The molecular weight excluding hydrogens is 912 g/mol. The van der Waals surface area contributed by atoms with E-state index in [-0.39, 0.29) is 41.9 Å². The molecule has 0 saturated heterocycles. The van der Waals surface area contributed by atoms with Gasteiger partial charge in [0.2, 0.25) is 0 Å². The summed E-state index contributed by atoms with van der Waals surface area (Å²) in [6.45, 7) is 4.27. The van der Waals surface area contributed by atoms with Crippen LogP contribution in [0.25, 0.3) is 21.5 Å². The van der Waals surface area contributed by atoms with Crippen molar-refractivity contribution in [2.45, 2.75) is 38.5 Å². The van der Waals surface area contributed by atoms with Crippen molar-refractivity contribution in [3.8, 4) is 11.5 Å². The topological polar surface area (TPSA) is 71.1 Å². The van der Waals surface area contributed by atoms with Gasteiger partial charge >= 0.3 is 76.8 Å². The molecular formula is C32H34I3O6V. The van der Waals surface area contributed by atoms with E-state index < -0.39 is 0 Å². The Kier molecular flexibility index (Phi) is 15.0. The molecule has 4 aromatic carbocycles. The fourth-order valence-corrected chi connectivity index (χ4v) is 4.35. The van der Waals surface area contributed by atoms with Gasteiger partial charge in [0.1, 0.15) is 11.5 Å². The van der Waals surface area contributed by atoms with Gasteiger partial charge < -0.3 is 18.9 Å². The number of benzene rings is 4. The van der Waals surface area contributed by atoms with Gasteiger partial charge in [0.25, 0.3) is 0 Å². The minimum absolute atomic E-state index is 0.266. The van der Waals surface area contributed by atoms with Gasteiger partial charge in [-0.3, -0.25) is 9.59 Å². The summed E-state index contributed by atoms with van der Waals surface area (Å²) in [5, 5.41) is 4.20. The van der Waals surface area contributed by atoms with E-state index in [4.69, 9.17) is 18.9 Å². The molecule has 224 valence electrons. The molecule has 2 unspecified atom stereocenters. The zero-order valence-electron chi connectivity index (χ0n) is 23.9. The predicted molar refractivity (Wildman–Crippen MR) is 191 cm³/mol. The Labute approximate surface area is 285 Å². The molecule has 0 spiro atoms. The van der Waals surface area contributed by atoms with E-state index in [1.54, 1.807) is 14.2 Å². The van der Waals surface area contributed by atoms with Crippen molar-refractivity contribution in [1.29, 1.82) is 0 Å². The number of hydrogen-bond acceptors (Lipinski definition) is 6. The van der Waals surface area contributed by atoms with Crippen molar-refractivity contribution in [1.82, 2.24) is 0 Å². The van der Waals surface area contributed by atoms with Gasteiger partial charge in [-0.15, -0.1) is 0 Å². The summed E-state index contributed by atoms with van der Waals surface area (Å²) >= 11 is 7.39. The first-order valence-electron chi connectivity index (χ1n) is 13.4. The quantitative estimate of drug-likeness (QED) is 0.0849. The first kappa shape index (κ1) is 35.2. The van der Waals surface area contributed by atoms with Crippen LogP contribution in [0.1, 0.15) is 49.7 Å². The Morgan fingerprint density at radius 1 is 0.619 bits per heavy atom. The van der Waals surface area contributed by atoms with Crippen molar-refractivity contribution in [3.05, 3.63) is 83.9 Å². The van der Waals surface area contributed by atoms with Gasteiger partial charge in [-0.2, -0.15) is 0 Å². The number of unbranched alkanes of at least 4 members (excludes halogenated alkanes) is 1. The summed E-state index contributed by atoms with van der Waals surface area (Å²) in [6.07, 6.45) is 1.24. The maximum atomic E-state index is 12.6. The Hall–Kier alpha value is -1.29. The van der Waals surface area contributed by atoms with Gasteiger partial charge in [-0.05, 0) is 83.6 Å². The second kappa shape index (κ2) is 17.9. The van der Waals surface area contributed by atoms with Gasteiger partial charge in [0, 0.05) is 0 Å². The third-order valence-electron chi connectivity index (χ3n) is 6.88. The van der Waals surface area contributed by atoms with E-state index in [2.05, 4.69) is 59.9 Å². The summed E-state index contributed by atoms with van der Waals surface area (Å²) in [7, 11) is 3.28. The average molecular weight is 946 g/mol. The average Bonchev–Trinajstić information content (AvgIpc) is 3.00. The number of hydrogen-bond donors (Lipinski definition) is 0. The second-order valence-electron chi connectivity index (χ2n) is 9.62. The fourth-order valence-electron chi connectivity index (χ4n) is 4.35. The molecule has 4 aromatic rings. The van der Waals surface area contributed by atoms with Crippen LogP contribution in [0.2, 0.25) is 0 Å². The molecule has 0 amide bonds. The van der Waals surface area contributed by atoms with E-state index in [0.29, 0.717) is 12.8 Å². The van der Waals surface area contributed by atoms with Crippen molar-refractivity contribution >= 4 is 93.4 Å². The van der Waals surface area contributed by atoms with Crippen molar-refractivity contribution < 1.29 is 33.5 Å². The maximum absolute atomic E-state index is 12.6. The third kappa shape index (κ3) is 10.7. The number of esters is 2. The van der Waals surface area contributed by atoms with E-state index in [1.165, 1.54) is 0 Å². The first-order valence-corrected chi connectivity index (χ1v) is 26.9. The van der Waals surface area contributed by atoms with E-state index >= 15 is 0 Å². The van der Waals surface area contributed by atoms with Crippen LogP contribution in [0.5, 0.6) is 11.5 Å². The fraction of sp³-hybridized carbons (Fsp3) is 0.312. The Morgan fingerprint density at radius 3 is 1.31 bits per heavy atom. The number of fused-ring (bicyclic) bond motifs is 2. The van der Waals surface area contributed by atoms with E-state index in [9.17, 15) is 9.59 Å². The number of carbonyl (C=O) groups is 2. The van der Waals surface area contributed by atoms with Crippen LogP contribution >= 0.6 is 59.9 Å². The molecule has 0 aliphatic carbocycles. The molecule has 0 saturated carbocycles. The number of carbonyl (C=O) groups excluding carboxylic acids is 2. The number of halogens is 3. The molecule has 0 radical (unpaired) electrons. The standard InChI is InChI=1S/C32H34O6.3HI.V/c1-21(23-7-9-27-19-29(35-3)13-11-25(27)17-23)31(33)37-15-5-6-16-38-32(34)22(2)24-8-10-28-20-30(36-4)14-12-26(28)18-24;;;;/h7-14,17-22H,5-6,15-16H2,1-4H3;3*1H;/q;;;;+3/p-3. The molecule has 10 heteroatoms. The number of methoxy groups -OCH3 is 2. The Balaban J connectivity index is 0.00000114. The van der Waals surface area contributed by atoms with Crippen LogP contribution in [0.15, 0.2) is 72.8 Å². The predicted octanol–water partition coefficient (Wildman–Crippen LogP) is 9.44. The van der Waals surface area contributed by atoms with Crippen LogP contribution in [-0.4, -0.2) is 39.4 Å². The summed E-state index contributed by atoms with van der Waals surface area (Å²) in [4.78, 5) is 24.8. The molecule has 0 fully saturated rings. The molecule has 6 nitrogen and oxygen atoms in total. The van der Waals surface area contributed by atoms with Crippen molar-refractivity contribution in [2.24, 2.45) is 0 Å². The van der Waals surface area contributed by atoms with Gasteiger partial charge in [-0.1, -0.05) is 48.5 Å². The zero-order valence-corrected chi connectivity index (χ0v) is 31.8. The van der Waals surface area contributed by atoms with E-state index in [0.717, 1.165) is 44.2 Å². The summed E-state index contributed by atoms with van der Waals surface area (Å²) in [5.41, 5.74) is 1.81. The van der Waals surface area contributed by atoms with Gasteiger partial charge in [0.15, 0.2) is 0 Å². The SMILES string of the molecule is COc1ccc2cc(C(C)C(=O)OCCCCOC(=O)C(C)c3ccc4cc(OC)ccc4c3)ccc2c1.[I][V]([I])[I]. The summed E-state index contributed by atoms with van der Waals surface area (Å²) < 4.78 is 21.5. The molecule has 0 N–H and O–H groups in total. The number of ether oxygens (including phenoxy) is 4. The first-order chi connectivity index (χ1) is 20.1. The molecule has 42 heavy (non-hydrogen) atoms. The van der Waals surface area contributed by atoms with Crippen LogP contribution in [0.4, 0.5) is 0 Å².